The average molecular weight is 411 g/mol. The van der Waals surface area contributed by atoms with Crippen LogP contribution in [0.25, 0.3) is 0 Å². The van der Waals surface area contributed by atoms with E-state index in [0.29, 0.717) is 30.1 Å². The molecule has 1 aromatic rings. The van der Waals surface area contributed by atoms with Crippen LogP contribution in [0.4, 0.5) is 0 Å². The van der Waals surface area contributed by atoms with E-state index in [1.807, 2.05) is 11.0 Å². The van der Waals surface area contributed by atoms with Gasteiger partial charge in [0.2, 0.25) is 5.91 Å². The second kappa shape index (κ2) is 9.59. The molecule has 2 amide bonds. The Morgan fingerprint density at radius 3 is 2.67 bits per heavy atom. The highest BCUT2D eigenvalue weighted by molar-refractivity contribution is 5.94. The van der Waals surface area contributed by atoms with Gasteiger partial charge in [-0.05, 0) is 68.8 Å². The van der Waals surface area contributed by atoms with E-state index in [1.54, 1.807) is 24.3 Å². The van der Waals surface area contributed by atoms with Crippen LogP contribution in [-0.4, -0.2) is 73.6 Å². The first-order valence-electron chi connectivity index (χ1n) is 11.0. The minimum absolute atomic E-state index is 0.0414. The van der Waals surface area contributed by atoms with Gasteiger partial charge in [0.25, 0.3) is 5.91 Å². The third-order valence-corrected chi connectivity index (χ3v) is 6.36. The van der Waals surface area contributed by atoms with E-state index in [1.165, 1.54) is 19.4 Å². The largest absolute Gasteiger partial charge is 0.365 e. The zero-order valence-electron chi connectivity index (χ0n) is 17.4. The zero-order chi connectivity index (χ0) is 20.9. The standard InChI is InChI=1S/C23H30N4O3/c24-11-19-2-1-3-20(10-19)23(29)25-12-21-15-27(22(28)16-30-21)14-18-6-8-26(9-7-18)13-17-4-5-17/h1-3,10,17-18,21H,4-9,12-16H2,(H,25,29)/t21-/m1/s1. The Morgan fingerprint density at radius 2 is 1.93 bits per heavy atom. The summed E-state index contributed by atoms with van der Waals surface area (Å²) in [5.41, 5.74) is 0.910. The molecule has 0 radical (unpaired) electrons. The highest BCUT2D eigenvalue weighted by Gasteiger charge is 2.31. The van der Waals surface area contributed by atoms with Crippen LogP contribution >= 0.6 is 0 Å². The molecule has 1 aliphatic carbocycles. The van der Waals surface area contributed by atoms with Crippen LogP contribution in [-0.2, 0) is 9.53 Å². The molecule has 7 heteroatoms. The van der Waals surface area contributed by atoms with Crippen molar-refractivity contribution in [3.05, 3.63) is 35.4 Å². The Morgan fingerprint density at radius 1 is 1.17 bits per heavy atom. The van der Waals surface area contributed by atoms with Gasteiger partial charge in [0.1, 0.15) is 6.61 Å². The van der Waals surface area contributed by atoms with Gasteiger partial charge in [-0.25, -0.2) is 0 Å². The second-order valence-electron chi connectivity index (χ2n) is 8.82. The van der Waals surface area contributed by atoms with Gasteiger partial charge in [0.15, 0.2) is 0 Å². The van der Waals surface area contributed by atoms with Crippen LogP contribution in [0.3, 0.4) is 0 Å². The van der Waals surface area contributed by atoms with Crippen molar-refractivity contribution in [2.45, 2.75) is 31.8 Å². The highest BCUT2D eigenvalue weighted by Crippen LogP contribution is 2.31. The first kappa shape index (κ1) is 20.8. The van der Waals surface area contributed by atoms with Crippen LogP contribution in [0.15, 0.2) is 24.3 Å². The first-order valence-corrected chi connectivity index (χ1v) is 11.0. The lowest BCUT2D eigenvalue weighted by atomic mass is 9.95. The summed E-state index contributed by atoms with van der Waals surface area (Å²) in [5, 5.41) is 11.9. The summed E-state index contributed by atoms with van der Waals surface area (Å²) in [6.07, 6.45) is 4.87. The number of benzene rings is 1. The van der Waals surface area contributed by atoms with E-state index in [0.717, 1.165) is 38.4 Å². The summed E-state index contributed by atoms with van der Waals surface area (Å²) in [6, 6.07) is 8.66. The third-order valence-electron chi connectivity index (χ3n) is 6.36. The van der Waals surface area contributed by atoms with Crippen LogP contribution in [0, 0.1) is 23.2 Å². The lowest BCUT2D eigenvalue weighted by molar-refractivity contribution is -0.149. The van der Waals surface area contributed by atoms with Crippen LogP contribution < -0.4 is 5.32 Å². The van der Waals surface area contributed by atoms with E-state index in [4.69, 9.17) is 10.00 Å². The second-order valence-corrected chi connectivity index (χ2v) is 8.82. The number of amides is 2. The van der Waals surface area contributed by atoms with Gasteiger partial charge in [0.05, 0.1) is 17.7 Å². The molecule has 3 fully saturated rings. The number of likely N-dealkylation sites (tertiary alicyclic amines) is 1. The number of hydrogen-bond acceptors (Lipinski definition) is 5. The lowest BCUT2D eigenvalue weighted by Gasteiger charge is -2.38. The molecule has 0 aromatic heterocycles. The molecule has 4 rings (SSSR count). The quantitative estimate of drug-likeness (QED) is 0.739. The molecule has 160 valence electrons. The van der Waals surface area contributed by atoms with Crippen LogP contribution in [0.1, 0.15) is 41.6 Å². The molecular formula is C23H30N4O3. The van der Waals surface area contributed by atoms with Crippen molar-refractivity contribution in [1.29, 1.82) is 5.26 Å². The van der Waals surface area contributed by atoms with Gasteiger partial charge in [-0.2, -0.15) is 5.26 Å². The van der Waals surface area contributed by atoms with E-state index in [-0.39, 0.29) is 24.5 Å². The molecule has 30 heavy (non-hydrogen) atoms. The zero-order valence-corrected chi connectivity index (χ0v) is 17.4. The number of nitrogens with one attached hydrogen (secondary N) is 1. The normalized spacial score (nSPS) is 23.2. The van der Waals surface area contributed by atoms with Crippen LogP contribution in [0.2, 0.25) is 0 Å². The van der Waals surface area contributed by atoms with Crippen molar-refractivity contribution >= 4 is 11.8 Å². The molecule has 2 aliphatic heterocycles. The molecule has 7 nitrogen and oxygen atoms in total. The molecular weight excluding hydrogens is 380 g/mol. The summed E-state index contributed by atoms with van der Waals surface area (Å²) in [5.74, 6) is 1.29. The van der Waals surface area contributed by atoms with Gasteiger partial charge >= 0.3 is 0 Å². The Hall–Kier alpha value is -2.43. The fourth-order valence-corrected chi connectivity index (χ4v) is 4.35. The lowest BCUT2D eigenvalue weighted by Crippen LogP contribution is -2.52. The monoisotopic (exact) mass is 410 g/mol. The number of hydrogen-bond donors (Lipinski definition) is 1. The molecule has 2 heterocycles. The summed E-state index contributed by atoms with van der Waals surface area (Å²) in [4.78, 5) is 29.2. The molecule has 3 aliphatic rings. The van der Waals surface area contributed by atoms with Crippen molar-refractivity contribution in [3.8, 4) is 6.07 Å². The van der Waals surface area contributed by atoms with Crippen molar-refractivity contribution in [2.75, 3.05) is 45.9 Å². The smallest absolute Gasteiger partial charge is 0.251 e. The summed E-state index contributed by atoms with van der Waals surface area (Å²) >= 11 is 0. The fraction of sp³-hybridized carbons (Fsp3) is 0.609. The number of carbonyl (C=O) groups is 2. The minimum atomic E-state index is -0.234. The molecule has 0 bridgehead atoms. The number of carbonyl (C=O) groups excluding carboxylic acids is 2. The number of piperidine rings is 1. The maximum atomic E-state index is 12.4. The maximum Gasteiger partial charge on any atom is 0.251 e. The van der Waals surface area contributed by atoms with E-state index < -0.39 is 0 Å². The molecule has 0 unspecified atom stereocenters. The van der Waals surface area contributed by atoms with Gasteiger partial charge in [-0.1, -0.05) is 6.07 Å². The molecule has 1 saturated carbocycles. The molecule has 2 saturated heterocycles. The van der Waals surface area contributed by atoms with Crippen molar-refractivity contribution < 1.29 is 14.3 Å². The summed E-state index contributed by atoms with van der Waals surface area (Å²) in [7, 11) is 0. The van der Waals surface area contributed by atoms with Gasteiger partial charge in [0, 0.05) is 31.7 Å². The predicted octanol–water partition coefficient (Wildman–Crippen LogP) is 1.64. The maximum absolute atomic E-state index is 12.4. The molecule has 1 N–H and O–H groups in total. The number of nitrogens with zero attached hydrogens (tertiary/aromatic N) is 3. The Bertz CT molecular complexity index is 809. The molecule has 1 atom stereocenters. The van der Waals surface area contributed by atoms with E-state index in [2.05, 4.69) is 10.2 Å². The number of nitriles is 1. The number of morpholine rings is 1. The average Bonchev–Trinajstić information content (AvgIpc) is 3.59. The molecule has 1 aromatic carbocycles. The fourth-order valence-electron chi connectivity index (χ4n) is 4.35. The van der Waals surface area contributed by atoms with Crippen molar-refractivity contribution in [1.82, 2.24) is 15.1 Å². The molecule has 0 spiro atoms. The van der Waals surface area contributed by atoms with Gasteiger partial charge < -0.3 is 19.9 Å². The van der Waals surface area contributed by atoms with Crippen LogP contribution in [0.5, 0.6) is 0 Å². The minimum Gasteiger partial charge on any atom is -0.365 e. The SMILES string of the molecule is N#Cc1cccc(C(=O)NC[C@@H]2CN(CC3CCN(CC4CC4)CC3)C(=O)CO2)c1. The van der Waals surface area contributed by atoms with Gasteiger partial charge in [-0.15, -0.1) is 0 Å². The summed E-state index contributed by atoms with van der Waals surface area (Å²) < 4.78 is 5.64. The van der Waals surface area contributed by atoms with Crippen molar-refractivity contribution in [3.63, 3.8) is 0 Å². The third kappa shape index (κ3) is 5.59. The number of ether oxygens (including phenoxy) is 1. The van der Waals surface area contributed by atoms with E-state index >= 15 is 0 Å². The van der Waals surface area contributed by atoms with Crippen molar-refractivity contribution in [2.24, 2.45) is 11.8 Å². The predicted molar refractivity (Wildman–Crippen MR) is 112 cm³/mol. The topological polar surface area (TPSA) is 85.7 Å². The van der Waals surface area contributed by atoms with Gasteiger partial charge in [-0.3, -0.25) is 9.59 Å². The number of rotatable bonds is 7. The Labute approximate surface area is 178 Å². The Balaban J connectivity index is 1.22. The first-order chi connectivity index (χ1) is 14.6. The summed E-state index contributed by atoms with van der Waals surface area (Å²) in [6.45, 7) is 5.25. The Kier molecular flexibility index (Phi) is 6.66. The van der Waals surface area contributed by atoms with E-state index in [9.17, 15) is 9.59 Å². The highest BCUT2D eigenvalue weighted by atomic mass is 16.5.